The summed E-state index contributed by atoms with van der Waals surface area (Å²) in [5.74, 6) is -0.420. The van der Waals surface area contributed by atoms with Gasteiger partial charge in [-0.05, 0) is 66.1 Å². The fourth-order valence-electron chi connectivity index (χ4n) is 5.30. The van der Waals surface area contributed by atoms with Crippen LogP contribution in [0.3, 0.4) is 0 Å². The average Bonchev–Trinajstić information content (AvgIpc) is 3.39. The summed E-state index contributed by atoms with van der Waals surface area (Å²) in [6.07, 6.45) is 1.67. The number of thiazole rings is 1. The Labute approximate surface area is 293 Å². The third kappa shape index (κ3) is 6.77. The van der Waals surface area contributed by atoms with Gasteiger partial charge in [0.2, 0.25) is 0 Å². The molecule has 244 valence electrons. The van der Waals surface area contributed by atoms with Gasteiger partial charge in [-0.1, -0.05) is 94.7 Å². The van der Waals surface area contributed by atoms with Crippen LogP contribution in [0.2, 0.25) is 15.1 Å². The van der Waals surface area contributed by atoms with E-state index >= 15 is 0 Å². The Hall–Kier alpha value is -4.41. The molecule has 1 aliphatic heterocycles. The standard InChI is InChI=1S/C36H26Cl3FN2O5S/c1-3-46-35(44)30-31(22-7-5-4-6-8-22)41-36-42(32(30)23-10-12-24(40)13-11-23)34(43)29(48-36)18-21-16-27(39)33(28(17-21)45-2)47-19-20-9-14-25(37)26(38)15-20/h4-18,32H,3,19H2,1-2H3/b29-18-/t32-/m1/s1. The van der Waals surface area contributed by atoms with Crippen LogP contribution >= 0.6 is 46.1 Å². The number of hydrogen-bond donors (Lipinski definition) is 0. The molecule has 0 saturated heterocycles. The number of halogens is 4. The van der Waals surface area contributed by atoms with Crippen molar-refractivity contribution in [1.82, 2.24) is 4.57 Å². The lowest BCUT2D eigenvalue weighted by molar-refractivity contribution is -0.138. The Balaban J connectivity index is 1.47. The highest BCUT2D eigenvalue weighted by Crippen LogP contribution is 2.38. The van der Waals surface area contributed by atoms with Crippen LogP contribution in [-0.4, -0.2) is 24.3 Å². The summed E-state index contributed by atoms with van der Waals surface area (Å²) in [7, 11) is 1.49. The van der Waals surface area contributed by atoms with Crippen molar-refractivity contribution in [1.29, 1.82) is 0 Å². The van der Waals surface area contributed by atoms with Crippen LogP contribution in [0.5, 0.6) is 11.5 Å². The second kappa shape index (κ2) is 14.4. The molecule has 0 bridgehead atoms. The number of rotatable bonds is 9. The molecule has 0 fully saturated rings. The summed E-state index contributed by atoms with van der Waals surface area (Å²) >= 11 is 20.0. The first-order valence-electron chi connectivity index (χ1n) is 14.7. The molecule has 4 aromatic carbocycles. The predicted molar refractivity (Wildman–Crippen MR) is 186 cm³/mol. The molecule has 7 nitrogen and oxygen atoms in total. The van der Waals surface area contributed by atoms with E-state index in [1.54, 1.807) is 55.5 Å². The van der Waals surface area contributed by atoms with Crippen LogP contribution in [0.15, 0.2) is 100 Å². The van der Waals surface area contributed by atoms with Crippen LogP contribution in [-0.2, 0) is 16.1 Å². The molecule has 5 aromatic rings. The van der Waals surface area contributed by atoms with Gasteiger partial charge in [0.05, 0.1) is 50.6 Å². The number of ether oxygens (including phenoxy) is 3. The fraction of sp³-hybridized carbons (Fsp3) is 0.139. The molecule has 0 aliphatic carbocycles. The molecular weight excluding hydrogens is 698 g/mol. The summed E-state index contributed by atoms with van der Waals surface area (Å²) < 4.78 is 32.9. The number of nitrogens with zero attached hydrogens (tertiary/aromatic N) is 2. The van der Waals surface area contributed by atoms with Crippen molar-refractivity contribution in [2.24, 2.45) is 4.99 Å². The van der Waals surface area contributed by atoms with Crippen molar-refractivity contribution in [3.63, 3.8) is 0 Å². The number of carbonyl (C=O) groups is 1. The van der Waals surface area contributed by atoms with Crippen molar-refractivity contribution in [2.45, 2.75) is 19.6 Å². The average molecular weight is 724 g/mol. The largest absolute Gasteiger partial charge is 0.493 e. The number of benzene rings is 4. The minimum atomic E-state index is -0.937. The maximum Gasteiger partial charge on any atom is 0.338 e. The highest BCUT2D eigenvalue weighted by molar-refractivity contribution is 7.07. The maximum atomic E-state index is 14.2. The first-order chi connectivity index (χ1) is 23.2. The molecule has 6 rings (SSSR count). The van der Waals surface area contributed by atoms with Crippen molar-refractivity contribution in [3.8, 4) is 11.5 Å². The van der Waals surface area contributed by atoms with E-state index in [1.807, 2.05) is 30.3 Å². The number of fused-ring (bicyclic) bond motifs is 1. The summed E-state index contributed by atoms with van der Waals surface area (Å²) in [4.78, 5) is 32.9. The lowest BCUT2D eigenvalue weighted by Gasteiger charge is -2.25. The van der Waals surface area contributed by atoms with Gasteiger partial charge in [-0.25, -0.2) is 14.2 Å². The zero-order valence-corrected chi connectivity index (χ0v) is 28.6. The molecule has 1 atom stereocenters. The summed E-state index contributed by atoms with van der Waals surface area (Å²) in [6, 6.07) is 22.4. The highest BCUT2D eigenvalue weighted by Gasteiger charge is 2.35. The van der Waals surface area contributed by atoms with E-state index in [2.05, 4.69) is 0 Å². The Kier molecular flexibility index (Phi) is 10.0. The van der Waals surface area contributed by atoms with Crippen LogP contribution in [0.4, 0.5) is 4.39 Å². The van der Waals surface area contributed by atoms with E-state index < -0.39 is 23.4 Å². The SMILES string of the molecule is CCOC(=O)C1=C(c2ccccc2)N=c2s/c(=C\c3cc(Cl)c(OCc4ccc(Cl)c(Cl)c4)c(OC)c3)c(=O)n2[C@@H]1c1ccc(F)cc1. The Bertz CT molecular complexity index is 2240. The summed E-state index contributed by atoms with van der Waals surface area (Å²) in [5, 5.41) is 1.09. The van der Waals surface area contributed by atoms with Crippen molar-refractivity contribution >= 4 is 63.9 Å². The minimum Gasteiger partial charge on any atom is -0.493 e. The van der Waals surface area contributed by atoms with Gasteiger partial charge in [-0.3, -0.25) is 9.36 Å². The van der Waals surface area contributed by atoms with Crippen LogP contribution in [0.1, 0.15) is 35.2 Å². The molecule has 0 radical (unpaired) electrons. The fourth-order valence-corrected chi connectivity index (χ4v) is 6.90. The topological polar surface area (TPSA) is 79.1 Å². The number of aromatic nitrogens is 1. The number of hydrogen-bond acceptors (Lipinski definition) is 7. The molecule has 48 heavy (non-hydrogen) atoms. The Morgan fingerprint density at radius 1 is 0.979 bits per heavy atom. The highest BCUT2D eigenvalue weighted by atomic mass is 35.5. The zero-order valence-electron chi connectivity index (χ0n) is 25.5. The van der Waals surface area contributed by atoms with E-state index in [9.17, 15) is 14.0 Å². The first-order valence-corrected chi connectivity index (χ1v) is 16.6. The molecule has 1 aliphatic rings. The quantitative estimate of drug-likeness (QED) is 0.146. The van der Waals surface area contributed by atoms with Gasteiger partial charge in [0, 0.05) is 5.56 Å². The van der Waals surface area contributed by atoms with E-state index in [0.717, 1.165) is 16.9 Å². The van der Waals surface area contributed by atoms with E-state index in [4.69, 9.17) is 54.0 Å². The molecule has 0 spiro atoms. The van der Waals surface area contributed by atoms with Gasteiger partial charge in [0.25, 0.3) is 5.56 Å². The van der Waals surface area contributed by atoms with Gasteiger partial charge < -0.3 is 14.2 Å². The maximum absolute atomic E-state index is 14.2. The van der Waals surface area contributed by atoms with Gasteiger partial charge in [-0.15, -0.1) is 0 Å². The van der Waals surface area contributed by atoms with Crippen molar-refractivity contribution in [2.75, 3.05) is 13.7 Å². The van der Waals surface area contributed by atoms with E-state index in [0.29, 0.717) is 53.3 Å². The molecular formula is C36H26Cl3FN2O5S. The smallest absolute Gasteiger partial charge is 0.338 e. The van der Waals surface area contributed by atoms with Crippen molar-refractivity contribution < 1.29 is 23.4 Å². The molecule has 0 N–H and O–H groups in total. The molecule has 1 aromatic heterocycles. The molecule has 0 amide bonds. The molecule has 0 saturated carbocycles. The lowest BCUT2D eigenvalue weighted by Crippen LogP contribution is -2.40. The van der Waals surface area contributed by atoms with Crippen molar-refractivity contribution in [3.05, 3.63) is 153 Å². The Morgan fingerprint density at radius 2 is 1.73 bits per heavy atom. The first kappa shape index (κ1) is 33.5. The zero-order chi connectivity index (χ0) is 33.9. The van der Waals surface area contributed by atoms with Gasteiger partial charge in [0.15, 0.2) is 16.3 Å². The van der Waals surface area contributed by atoms with Crippen LogP contribution < -0.4 is 24.4 Å². The third-order valence-corrected chi connectivity index (χ3v) is 9.48. The number of carbonyl (C=O) groups excluding carboxylic acids is 1. The van der Waals surface area contributed by atoms with E-state index in [1.165, 1.54) is 23.8 Å². The summed E-state index contributed by atoms with van der Waals surface area (Å²) in [6.45, 7) is 1.97. The predicted octanol–water partition coefficient (Wildman–Crippen LogP) is 7.62. The van der Waals surface area contributed by atoms with Crippen LogP contribution in [0.25, 0.3) is 11.8 Å². The number of esters is 1. The third-order valence-electron chi connectivity index (χ3n) is 7.48. The van der Waals surface area contributed by atoms with Gasteiger partial charge in [0.1, 0.15) is 12.4 Å². The summed E-state index contributed by atoms with van der Waals surface area (Å²) in [5.41, 5.74) is 2.65. The second-order valence-corrected chi connectivity index (χ2v) is 12.8. The lowest BCUT2D eigenvalue weighted by atomic mass is 9.93. The molecule has 0 unspecified atom stereocenters. The normalized spacial score (nSPS) is 14.4. The monoisotopic (exact) mass is 722 g/mol. The number of methoxy groups -OCH3 is 1. The minimum absolute atomic E-state index is 0.112. The second-order valence-electron chi connectivity index (χ2n) is 10.6. The van der Waals surface area contributed by atoms with E-state index in [-0.39, 0.29) is 23.8 Å². The van der Waals surface area contributed by atoms with Crippen LogP contribution in [0, 0.1) is 5.82 Å². The van der Waals surface area contributed by atoms with Gasteiger partial charge >= 0.3 is 5.97 Å². The molecule has 2 heterocycles. The Morgan fingerprint density at radius 3 is 2.42 bits per heavy atom. The molecule has 12 heteroatoms. The van der Waals surface area contributed by atoms with Gasteiger partial charge in [-0.2, -0.15) is 0 Å².